The highest BCUT2D eigenvalue weighted by atomic mass is 16.6. The van der Waals surface area contributed by atoms with Crippen LogP contribution < -0.4 is 0 Å². The Morgan fingerprint density at radius 2 is 1.80 bits per heavy atom. The van der Waals surface area contributed by atoms with Crippen LogP contribution in [0.3, 0.4) is 0 Å². The van der Waals surface area contributed by atoms with E-state index >= 15 is 0 Å². The van der Waals surface area contributed by atoms with Crippen LogP contribution in [0.4, 0.5) is 0 Å². The third-order valence-electron chi connectivity index (χ3n) is 4.11. The van der Waals surface area contributed by atoms with Crippen LogP contribution in [0.25, 0.3) is 0 Å². The highest BCUT2D eigenvalue weighted by molar-refractivity contribution is 5.82. The minimum atomic E-state index is -0.443. The Labute approximate surface area is 123 Å². The quantitative estimate of drug-likeness (QED) is 0.731. The second-order valence-electron chi connectivity index (χ2n) is 8.13. The molecule has 3 heteroatoms. The summed E-state index contributed by atoms with van der Waals surface area (Å²) in [5.41, 5.74) is -0.202. The normalized spacial score (nSPS) is 24.6. The molecule has 2 unspecified atom stereocenters. The van der Waals surface area contributed by atoms with Gasteiger partial charge in [0.2, 0.25) is 0 Å². The van der Waals surface area contributed by atoms with Crippen LogP contribution in [0.15, 0.2) is 0 Å². The van der Waals surface area contributed by atoms with E-state index in [0.717, 1.165) is 12.8 Å². The third kappa shape index (κ3) is 5.64. The van der Waals surface area contributed by atoms with E-state index in [4.69, 9.17) is 4.74 Å². The smallest absolute Gasteiger partial charge is 0.306 e. The Balaban J connectivity index is 2.49. The number of hydrogen-bond acceptors (Lipinski definition) is 3. The molecule has 1 saturated carbocycles. The standard InChI is InChI=1S/C17H30O3/c1-16(2,3)13-8-9-14(18)12(11-13)7-10-15(19)20-17(4,5)6/h12-13H,7-11H2,1-6H3. The van der Waals surface area contributed by atoms with Crippen LogP contribution in [0.2, 0.25) is 0 Å². The summed E-state index contributed by atoms with van der Waals surface area (Å²) in [5.74, 6) is 0.751. The molecule has 0 radical (unpaired) electrons. The molecule has 0 bridgehead atoms. The third-order valence-corrected chi connectivity index (χ3v) is 4.11. The molecule has 0 amide bonds. The molecule has 0 aromatic rings. The Morgan fingerprint density at radius 3 is 2.30 bits per heavy atom. The van der Waals surface area contributed by atoms with Gasteiger partial charge in [0.15, 0.2) is 0 Å². The summed E-state index contributed by atoms with van der Waals surface area (Å²) >= 11 is 0. The molecule has 2 atom stereocenters. The summed E-state index contributed by atoms with van der Waals surface area (Å²) in [6.07, 6.45) is 3.57. The van der Waals surface area contributed by atoms with E-state index in [2.05, 4.69) is 20.8 Å². The average molecular weight is 282 g/mol. The fourth-order valence-electron chi connectivity index (χ4n) is 2.86. The van der Waals surface area contributed by atoms with Gasteiger partial charge >= 0.3 is 5.97 Å². The minimum absolute atomic E-state index is 0.0421. The van der Waals surface area contributed by atoms with Gasteiger partial charge in [0, 0.05) is 18.8 Å². The van der Waals surface area contributed by atoms with Gasteiger partial charge in [-0.25, -0.2) is 0 Å². The van der Waals surface area contributed by atoms with Crippen molar-refractivity contribution in [2.24, 2.45) is 17.3 Å². The topological polar surface area (TPSA) is 43.4 Å². The van der Waals surface area contributed by atoms with E-state index in [9.17, 15) is 9.59 Å². The van der Waals surface area contributed by atoms with Crippen molar-refractivity contribution in [1.82, 2.24) is 0 Å². The zero-order chi connectivity index (χ0) is 15.6. The van der Waals surface area contributed by atoms with Crippen LogP contribution in [-0.2, 0) is 14.3 Å². The van der Waals surface area contributed by atoms with E-state index in [1.165, 1.54) is 0 Å². The maximum atomic E-state index is 12.0. The second-order valence-corrected chi connectivity index (χ2v) is 8.13. The molecule has 0 aliphatic heterocycles. The first kappa shape index (κ1) is 17.2. The molecule has 116 valence electrons. The molecule has 20 heavy (non-hydrogen) atoms. The maximum absolute atomic E-state index is 12.0. The van der Waals surface area contributed by atoms with Crippen molar-refractivity contribution < 1.29 is 14.3 Å². The van der Waals surface area contributed by atoms with Crippen molar-refractivity contribution >= 4 is 11.8 Å². The van der Waals surface area contributed by atoms with Gasteiger partial charge in [0.1, 0.15) is 11.4 Å². The fraction of sp³-hybridized carbons (Fsp3) is 0.882. The van der Waals surface area contributed by atoms with Crippen molar-refractivity contribution in [3.8, 4) is 0 Å². The summed E-state index contributed by atoms with van der Waals surface area (Å²) in [6.45, 7) is 12.3. The highest BCUT2D eigenvalue weighted by Crippen LogP contribution is 2.40. The molecule has 1 fully saturated rings. The van der Waals surface area contributed by atoms with Crippen molar-refractivity contribution in [2.75, 3.05) is 0 Å². The molecule has 3 nitrogen and oxygen atoms in total. The van der Waals surface area contributed by atoms with Gasteiger partial charge in [-0.3, -0.25) is 9.59 Å². The zero-order valence-corrected chi connectivity index (χ0v) is 13.9. The average Bonchev–Trinajstić information content (AvgIpc) is 2.24. The first-order valence-electron chi connectivity index (χ1n) is 7.73. The highest BCUT2D eigenvalue weighted by Gasteiger charge is 2.35. The molecule has 1 aliphatic rings. The molecule has 0 aromatic carbocycles. The summed E-state index contributed by atoms with van der Waals surface area (Å²) in [6, 6.07) is 0. The molecular formula is C17H30O3. The van der Waals surface area contributed by atoms with Crippen LogP contribution in [0.1, 0.15) is 73.6 Å². The number of Topliss-reactive ketones (excluding diaryl/α,β-unsaturated/α-hetero) is 1. The lowest BCUT2D eigenvalue weighted by molar-refractivity contribution is -0.155. The van der Waals surface area contributed by atoms with E-state index < -0.39 is 5.60 Å². The Hall–Kier alpha value is -0.860. The van der Waals surface area contributed by atoms with Crippen molar-refractivity contribution in [3.63, 3.8) is 0 Å². The summed E-state index contributed by atoms with van der Waals surface area (Å²) in [5, 5.41) is 0. The van der Waals surface area contributed by atoms with E-state index in [1.807, 2.05) is 20.8 Å². The number of hydrogen-bond donors (Lipinski definition) is 0. The Morgan fingerprint density at radius 1 is 1.20 bits per heavy atom. The van der Waals surface area contributed by atoms with E-state index in [0.29, 0.717) is 31.0 Å². The number of esters is 1. The van der Waals surface area contributed by atoms with Crippen molar-refractivity contribution in [1.29, 1.82) is 0 Å². The summed E-state index contributed by atoms with van der Waals surface area (Å²) in [7, 11) is 0. The maximum Gasteiger partial charge on any atom is 0.306 e. The molecule has 0 saturated heterocycles. The van der Waals surface area contributed by atoms with Gasteiger partial charge in [-0.2, -0.15) is 0 Å². The minimum Gasteiger partial charge on any atom is -0.460 e. The number of carbonyl (C=O) groups is 2. The molecule has 1 rings (SSSR count). The summed E-state index contributed by atoms with van der Waals surface area (Å²) in [4.78, 5) is 23.8. The van der Waals surface area contributed by atoms with Gasteiger partial charge in [-0.1, -0.05) is 20.8 Å². The van der Waals surface area contributed by atoms with Crippen LogP contribution in [-0.4, -0.2) is 17.4 Å². The Bertz CT molecular complexity index is 357. The number of carbonyl (C=O) groups excluding carboxylic acids is 2. The SMILES string of the molecule is CC(C)(C)OC(=O)CCC1CC(C(C)(C)C)CCC1=O. The van der Waals surface area contributed by atoms with E-state index in [1.54, 1.807) is 0 Å². The van der Waals surface area contributed by atoms with Gasteiger partial charge < -0.3 is 4.74 Å². The number of ether oxygens (including phenoxy) is 1. The second kappa shape index (κ2) is 6.28. The van der Waals surface area contributed by atoms with E-state index in [-0.39, 0.29) is 17.3 Å². The molecule has 0 aromatic heterocycles. The van der Waals surface area contributed by atoms with Gasteiger partial charge in [-0.15, -0.1) is 0 Å². The van der Waals surface area contributed by atoms with Gasteiger partial charge in [0.25, 0.3) is 0 Å². The van der Waals surface area contributed by atoms with Crippen LogP contribution >= 0.6 is 0 Å². The molecule has 0 heterocycles. The molecular weight excluding hydrogens is 252 g/mol. The largest absolute Gasteiger partial charge is 0.460 e. The first-order chi connectivity index (χ1) is 8.99. The monoisotopic (exact) mass is 282 g/mol. The lowest BCUT2D eigenvalue weighted by Crippen LogP contribution is -2.32. The zero-order valence-electron chi connectivity index (χ0n) is 13.9. The molecule has 0 N–H and O–H groups in total. The lowest BCUT2D eigenvalue weighted by atomic mass is 9.68. The number of ketones is 1. The van der Waals surface area contributed by atoms with Gasteiger partial charge in [-0.05, 0) is 51.4 Å². The van der Waals surface area contributed by atoms with Gasteiger partial charge in [0.05, 0.1) is 0 Å². The first-order valence-corrected chi connectivity index (χ1v) is 7.73. The Kier molecular flexibility index (Phi) is 5.39. The van der Waals surface area contributed by atoms with Crippen molar-refractivity contribution in [3.05, 3.63) is 0 Å². The lowest BCUT2D eigenvalue weighted by Gasteiger charge is -2.37. The van der Waals surface area contributed by atoms with Crippen LogP contribution in [0.5, 0.6) is 0 Å². The van der Waals surface area contributed by atoms with Crippen LogP contribution in [0, 0.1) is 17.3 Å². The molecule has 1 aliphatic carbocycles. The fourth-order valence-corrected chi connectivity index (χ4v) is 2.86. The van der Waals surface area contributed by atoms with Crippen molar-refractivity contribution in [2.45, 2.75) is 79.2 Å². The predicted molar refractivity (Wildman–Crippen MR) is 80.4 cm³/mol. The number of rotatable bonds is 3. The molecule has 0 spiro atoms. The summed E-state index contributed by atoms with van der Waals surface area (Å²) < 4.78 is 5.31. The predicted octanol–water partition coefficient (Wildman–Crippen LogP) is 4.14.